The molecule has 4 aromatic rings. The lowest BCUT2D eigenvalue weighted by atomic mass is 10.2. The van der Waals surface area contributed by atoms with E-state index in [-0.39, 0.29) is 23.1 Å². The van der Waals surface area contributed by atoms with Crippen LogP contribution in [0.4, 0.5) is 5.69 Å². The molecule has 0 bridgehead atoms. The van der Waals surface area contributed by atoms with Crippen molar-refractivity contribution >= 4 is 43.9 Å². The number of para-hydroxylation sites is 1. The maximum absolute atomic E-state index is 13.3. The Balaban J connectivity index is 1.63. The predicted octanol–water partition coefficient (Wildman–Crippen LogP) is 5.52. The average Bonchev–Trinajstić information content (AvgIpc) is 3.10. The number of benzene rings is 3. The number of fused-ring (bicyclic) bond motifs is 1. The molecule has 0 saturated carbocycles. The van der Waals surface area contributed by atoms with Gasteiger partial charge in [0.1, 0.15) is 6.54 Å². The van der Waals surface area contributed by atoms with Gasteiger partial charge in [0.25, 0.3) is 0 Å². The summed E-state index contributed by atoms with van der Waals surface area (Å²) in [6.45, 7) is 3.80. The van der Waals surface area contributed by atoms with Gasteiger partial charge in [0.15, 0.2) is 9.84 Å². The van der Waals surface area contributed by atoms with Crippen molar-refractivity contribution in [3.05, 3.63) is 94.6 Å². The molecule has 0 aliphatic heterocycles. The molecule has 0 spiro atoms. The second-order valence-corrected chi connectivity index (χ2v) is 10.3. The molecule has 1 N–H and O–H groups in total. The van der Waals surface area contributed by atoms with Crippen LogP contribution in [0.15, 0.2) is 77.8 Å². The summed E-state index contributed by atoms with van der Waals surface area (Å²) in [7, 11) is -3.61. The van der Waals surface area contributed by atoms with Crippen LogP contribution in [-0.2, 0) is 26.9 Å². The number of nitrogens with zero attached hydrogens (tertiary/aromatic N) is 1. The average molecular weight is 467 g/mol. The van der Waals surface area contributed by atoms with Gasteiger partial charge in [-0.05, 0) is 43.2 Å². The first-order valence-electron chi connectivity index (χ1n) is 10.1. The van der Waals surface area contributed by atoms with Crippen LogP contribution < -0.4 is 5.32 Å². The molecule has 0 saturated heterocycles. The Bertz CT molecular complexity index is 1420. The van der Waals surface area contributed by atoms with Crippen molar-refractivity contribution in [2.24, 2.45) is 0 Å². The minimum Gasteiger partial charge on any atom is -0.337 e. The van der Waals surface area contributed by atoms with E-state index >= 15 is 0 Å². The maximum Gasteiger partial charge on any atom is 0.244 e. The third-order valence-electron chi connectivity index (χ3n) is 5.30. The van der Waals surface area contributed by atoms with Crippen LogP contribution in [-0.4, -0.2) is 18.9 Å². The molecule has 1 amide bonds. The predicted molar refractivity (Wildman–Crippen MR) is 129 cm³/mol. The van der Waals surface area contributed by atoms with E-state index in [9.17, 15) is 13.2 Å². The van der Waals surface area contributed by atoms with Gasteiger partial charge in [0.2, 0.25) is 5.91 Å². The molecular weight excluding hydrogens is 444 g/mol. The highest BCUT2D eigenvalue weighted by Crippen LogP contribution is 2.28. The quantitative estimate of drug-likeness (QED) is 0.406. The molecule has 0 atom stereocenters. The van der Waals surface area contributed by atoms with Crippen molar-refractivity contribution in [1.82, 2.24) is 4.57 Å². The van der Waals surface area contributed by atoms with Crippen LogP contribution in [0, 0.1) is 13.8 Å². The summed E-state index contributed by atoms with van der Waals surface area (Å²) in [5.41, 5.74) is 3.94. The van der Waals surface area contributed by atoms with E-state index in [0.29, 0.717) is 21.6 Å². The molecule has 1 heterocycles. The highest BCUT2D eigenvalue weighted by molar-refractivity contribution is 7.90. The number of rotatable bonds is 6. The largest absolute Gasteiger partial charge is 0.337 e. The molecule has 3 aromatic carbocycles. The number of hydrogen-bond donors (Lipinski definition) is 1. The minimum atomic E-state index is -3.61. The van der Waals surface area contributed by atoms with Gasteiger partial charge >= 0.3 is 0 Å². The highest BCUT2D eigenvalue weighted by Gasteiger charge is 2.22. The fourth-order valence-electron chi connectivity index (χ4n) is 3.72. The van der Waals surface area contributed by atoms with Gasteiger partial charge in [0.05, 0.1) is 10.6 Å². The second-order valence-electron chi connectivity index (χ2n) is 7.90. The smallest absolute Gasteiger partial charge is 0.244 e. The highest BCUT2D eigenvalue weighted by atomic mass is 35.5. The second kappa shape index (κ2) is 8.81. The van der Waals surface area contributed by atoms with Crippen LogP contribution in [0.1, 0.15) is 16.7 Å². The Hall–Kier alpha value is -3.09. The topological polar surface area (TPSA) is 68.2 Å². The lowest BCUT2D eigenvalue weighted by Gasteiger charge is -2.08. The lowest BCUT2D eigenvalue weighted by molar-refractivity contribution is -0.116. The Morgan fingerprint density at radius 1 is 1.00 bits per heavy atom. The van der Waals surface area contributed by atoms with Crippen molar-refractivity contribution < 1.29 is 13.2 Å². The van der Waals surface area contributed by atoms with Crippen molar-refractivity contribution in [1.29, 1.82) is 0 Å². The zero-order valence-corrected chi connectivity index (χ0v) is 19.4. The minimum absolute atomic E-state index is 0.0219. The molecule has 7 heteroatoms. The summed E-state index contributed by atoms with van der Waals surface area (Å²) < 4.78 is 28.2. The van der Waals surface area contributed by atoms with Crippen LogP contribution >= 0.6 is 11.6 Å². The van der Waals surface area contributed by atoms with Gasteiger partial charge in [-0.3, -0.25) is 4.79 Å². The van der Waals surface area contributed by atoms with Gasteiger partial charge in [-0.2, -0.15) is 0 Å². The number of hydrogen-bond acceptors (Lipinski definition) is 3. The number of anilines is 1. The van der Waals surface area contributed by atoms with Crippen LogP contribution in [0.2, 0.25) is 5.02 Å². The van der Waals surface area contributed by atoms with Gasteiger partial charge < -0.3 is 9.88 Å². The Kier molecular flexibility index (Phi) is 6.09. The van der Waals surface area contributed by atoms with E-state index in [0.717, 1.165) is 16.7 Å². The van der Waals surface area contributed by atoms with Crippen LogP contribution in [0.3, 0.4) is 0 Å². The number of aryl methyl sites for hydroxylation is 2. The molecule has 1 aromatic heterocycles. The first-order chi connectivity index (χ1) is 15.2. The van der Waals surface area contributed by atoms with E-state index < -0.39 is 9.84 Å². The molecule has 0 aliphatic carbocycles. The zero-order valence-electron chi connectivity index (χ0n) is 17.8. The Labute approximate surface area is 192 Å². The number of sulfone groups is 1. The molecule has 0 radical (unpaired) electrons. The van der Waals surface area contributed by atoms with Crippen molar-refractivity contribution in [2.45, 2.75) is 31.0 Å². The molecule has 0 fully saturated rings. The van der Waals surface area contributed by atoms with E-state index in [4.69, 9.17) is 11.6 Å². The number of carbonyl (C=O) groups excluding carboxylic acids is 1. The Morgan fingerprint density at radius 3 is 2.53 bits per heavy atom. The summed E-state index contributed by atoms with van der Waals surface area (Å²) in [5, 5.41) is 3.99. The van der Waals surface area contributed by atoms with Crippen LogP contribution in [0.25, 0.3) is 10.9 Å². The number of carbonyl (C=O) groups is 1. The lowest BCUT2D eigenvalue weighted by Crippen LogP contribution is -2.18. The molecule has 0 unspecified atom stereocenters. The molecule has 0 aliphatic rings. The first kappa shape index (κ1) is 22.1. The third-order valence-corrected chi connectivity index (χ3v) is 7.41. The molecule has 32 heavy (non-hydrogen) atoms. The fourth-order valence-corrected chi connectivity index (χ4v) is 5.47. The monoisotopic (exact) mass is 466 g/mol. The number of aromatic nitrogens is 1. The zero-order chi connectivity index (χ0) is 22.9. The summed E-state index contributed by atoms with van der Waals surface area (Å²) >= 11 is 6.14. The van der Waals surface area contributed by atoms with E-state index in [1.54, 1.807) is 35.0 Å². The summed E-state index contributed by atoms with van der Waals surface area (Å²) in [5.74, 6) is -0.371. The molecular formula is C25H23ClN2O3S. The fraction of sp³-hybridized carbons (Fsp3) is 0.160. The standard InChI is InChI=1S/C25H23ClN2O3S/c1-17-6-5-7-19(12-17)16-32(30,31)24-14-28(23-9-4-3-8-21(23)24)15-25(29)27-20-11-10-18(2)22(26)13-20/h3-14H,15-16H2,1-2H3,(H,27,29). The number of halogens is 1. The number of amides is 1. The SMILES string of the molecule is Cc1cccc(CS(=O)(=O)c2cn(CC(=O)Nc3ccc(C)c(Cl)c3)c3ccccc23)c1. The van der Waals surface area contributed by atoms with Gasteiger partial charge in [-0.25, -0.2) is 8.42 Å². The van der Waals surface area contributed by atoms with Crippen LogP contribution in [0.5, 0.6) is 0 Å². The Morgan fingerprint density at radius 2 is 1.78 bits per heavy atom. The molecule has 4 rings (SSSR count). The third kappa shape index (κ3) is 4.71. The summed E-state index contributed by atoms with van der Waals surface area (Å²) in [6, 6.07) is 20.0. The summed E-state index contributed by atoms with van der Waals surface area (Å²) in [6.07, 6.45) is 1.55. The normalized spacial score (nSPS) is 11.6. The molecule has 5 nitrogen and oxygen atoms in total. The first-order valence-corrected chi connectivity index (χ1v) is 12.2. The molecule has 164 valence electrons. The van der Waals surface area contributed by atoms with E-state index in [1.165, 1.54) is 0 Å². The van der Waals surface area contributed by atoms with Gasteiger partial charge in [-0.15, -0.1) is 0 Å². The van der Waals surface area contributed by atoms with Crippen molar-refractivity contribution in [3.8, 4) is 0 Å². The van der Waals surface area contributed by atoms with Gasteiger partial charge in [-0.1, -0.05) is 65.7 Å². The summed E-state index contributed by atoms with van der Waals surface area (Å²) in [4.78, 5) is 12.9. The van der Waals surface area contributed by atoms with E-state index in [1.807, 2.05) is 56.3 Å². The van der Waals surface area contributed by atoms with Crippen molar-refractivity contribution in [3.63, 3.8) is 0 Å². The van der Waals surface area contributed by atoms with Crippen molar-refractivity contribution in [2.75, 3.05) is 5.32 Å². The van der Waals surface area contributed by atoms with Gasteiger partial charge in [0, 0.05) is 27.8 Å². The maximum atomic E-state index is 13.3. The van der Waals surface area contributed by atoms with E-state index in [2.05, 4.69) is 5.32 Å². The number of nitrogens with one attached hydrogen (secondary N) is 1.